The van der Waals surface area contributed by atoms with Crippen molar-refractivity contribution < 1.29 is 41.0 Å². The number of aromatic nitrogens is 5. The van der Waals surface area contributed by atoms with E-state index < -0.39 is 22.2 Å². The Morgan fingerprint density at radius 3 is 2.41 bits per heavy atom. The number of imidazole rings is 1. The lowest BCUT2D eigenvalue weighted by atomic mass is 10.2. The predicted octanol–water partition coefficient (Wildman–Crippen LogP) is 3.04. The number of primary sulfonamides is 1. The summed E-state index contributed by atoms with van der Waals surface area (Å²) in [6.07, 6.45) is -0.0205. The second-order valence-electron chi connectivity index (χ2n) is 9.36. The zero-order valence-electron chi connectivity index (χ0n) is 22.7. The second-order valence-corrected chi connectivity index (χ2v) is 10.9. The van der Waals surface area contributed by atoms with Gasteiger partial charge in [-0.15, -0.1) is 0 Å². The van der Waals surface area contributed by atoms with Crippen LogP contribution >= 0.6 is 0 Å². The maximum absolute atomic E-state index is 11.6. The number of hydrogen-bond donors (Lipinski definition) is 2. The maximum atomic E-state index is 11.6. The molecule has 0 bridgehead atoms. The minimum Gasteiger partial charge on any atom is -0.475 e. The number of alkyl halides is 3. The zero-order chi connectivity index (χ0) is 31.5. The van der Waals surface area contributed by atoms with Gasteiger partial charge in [0, 0.05) is 42.5 Å². The molecule has 3 N–H and O–H groups in total. The van der Waals surface area contributed by atoms with Crippen LogP contribution in [0.1, 0.15) is 5.69 Å². The van der Waals surface area contributed by atoms with Crippen molar-refractivity contribution >= 4 is 38.4 Å². The Morgan fingerprint density at radius 1 is 1.02 bits per heavy atom. The highest BCUT2D eigenvalue weighted by Gasteiger charge is 2.38. The summed E-state index contributed by atoms with van der Waals surface area (Å²) in [4.78, 5) is 29.2. The van der Waals surface area contributed by atoms with Crippen LogP contribution in [0, 0.1) is 0 Å². The molecule has 0 unspecified atom stereocenters. The van der Waals surface area contributed by atoms with E-state index in [4.69, 9.17) is 34.5 Å². The number of ether oxygens (including phenoxy) is 2. The fourth-order valence-corrected chi connectivity index (χ4v) is 4.73. The van der Waals surface area contributed by atoms with Crippen LogP contribution in [0.25, 0.3) is 27.8 Å². The van der Waals surface area contributed by atoms with Gasteiger partial charge in [-0.2, -0.15) is 13.2 Å². The van der Waals surface area contributed by atoms with E-state index in [-0.39, 0.29) is 11.6 Å². The summed E-state index contributed by atoms with van der Waals surface area (Å²) < 4.78 is 68.4. The third-order valence-corrected chi connectivity index (χ3v) is 7.17. The lowest BCUT2D eigenvalue weighted by Gasteiger charge is -2.28. The van der Waals surface area contributed by atoms with E-state index in [0.717, 1.165) is 16.7 Å². The molecule has 1 aromatic carbocycles. The molecule has 17 heteroatoms. The van der Waals surface area contributed by atoms with Crippen LogP contribution < -0.4 is 14.8 Å². The van der Waals surface area contributed by atoms with Gasteiger partial charge in [0.05, 0.1) is 36.3 Å². The molecule has 230 valence electrons. The summed E-state index contributed by atoms with van der Waals surface area (Å²) in [6, 6.07) is 14.7. The number of halogens is 3. The second kappa shape index (κ2) is 12.4. The van der Waals surface area contributed by atoms with Gasteiger partial charge in [0.1, 0.15) is 6.61 Å². The molecular formula is C27H24F3N7O6S. The van der Waals surface area contributed by atoms with Gasteiger partial charge in [0.15, 0.2) is 16.5 Å². The van der Waals surface area contributed by atoms with E-state index in [1.54, 1.807) is 12.3 Å². The Labute approximate surface area is 247 Å². The molecular weight excluding hydrogens is 607 g/mol. The van der Waals surface area contributed by atoms with Crippen LogP contribution in [-0.4, -0.2) is 76.3 Å². The van der Waals surface area contributed by atoms with Crippen LogP contribution in [0.4, 0.5) is 19.0 Å². The first kappa shape index (κ1) is 30.6. The molecule has 1 fully saturated rings. The van der Waals surface area contributed by atoms with Gasteiger partial charge in [-0.3, -0.25) is 4.40 Å². The van der Waals surface area contributed by atoms with Crippen molar-refractivity contribution in [3.8, 4) is 17.1 Å². The van der Waals surface area contributed by atoms with Gasteiger partial charge in [0.25, 0.3) is 10.0 Å². The van der Waals surface area contributed by atoms with Crippen LogP contribution in [0.2, 0.25) is 0 Å². The molecule has 6 rings (SSSR count). The number of rotatable bonds is 6. The summed E-state index contributed by atoms with van der Waals surface area (Å²) in [6.45, 7) is 2.83. The van der Waals surface area contributed by atoms with Crippen molar-refractivity contribution in [3.05, 3.63) is 72.8 Å². The lowest BCUT2D eigenvalue weighted by molar-refractivity contribution is -0.192. The smallest absolute Gasteiger partial charge is 0.475 e. The van der Waals surface area contributed by atoms with Gasteiger partial charge in [0.2, 0.25) is 5.88 Å². The van der Waals surface area contributed by atoms with E-state index in [0.29, 0.717) is 54.8 Å². The largest absolute Gasteiger partial charge is 0.490 e. The van der Waals surface area contributed by atoms with E-state index in [1.807, 2.05) is 47.0 Å². The molecule has 4 aromatic heterocycles. The number of fused-ring (bicyclic) bond motifs is 2. The molecule has 5 aromatic rings. The molecule has 13 nitrogen and oxygen atoms in total. The average molecular weight is 632 g/mol. The average Bonchev–Trinajstić information content (AvgIpc) is 3.44. The Kier molecular flexibility index (Phi) is 8.61. The van der Waals surface area contributed by atoms with Crippen LogP contribution in [0.5, 0.6) is 5.88 Å². The Balaban J connectivity index is 0.000000493. The molecule has 0 atom stereocenters. The van der Waals surface area contributed by atoms with E-state index >= 15 is 0 Å². The van der Waals surface area contributed by atoms with Crippen molar-refractivity contribution in [2.75, 3.05) is 31.2 Å². The topological polar surface area (TPSA) is 175 Å². The standard InChI is InChI=1S/C25H23N7O4S.C2HF3O2/c26-37(33,34)23-8-6-18(13-27-23)21-14-28-24(31-9-11-35-12-10-31)25-29-19(15-32(21)25)16-36-22-7-5-17-3-1-2-4-20(17)30-22;3-2(4,5)1(6)7/h1-8,13-15H,9-12,16H2,(H2,26,33,34);(H,6,7). The van der Waals surface area contributed by atoms with Crippen LogP contribution in [0.15, 0.2) is 72.1 Å². The Morgan fingerprint density at radius 2 is 1.75 bits per heavy atom. The molecule has 1 aliphatic rings. The molecule has 0 amide bonds. The highest BCUT2D eigenvalue weighted by atomic mass is 32.2. The van der Waals surface area contributed by atoms with Gasteiger partial charge < -0.3 is 19.5 Å². The van der Waals surface area contributed by atoms with E-state index in [1.165, 1.54) is 12.3 Å². The number of morpholine rings is 1. The van der Waals surface area contributed by atoms with Crippen molar-refractivity contribution in [2.45, 2.75) is 17.8 Å². The number of carbonyl (C=O) groups is 1. The number of nitrogens with two attached hydrogens (primary N) is 1. The molecule has 1 saturated heterocycles. The number of para-hydroxylation sites is 1. The zero-order valence-corrected chi connectivity index (χ0v) is 23.5. The quantitative estimate of drug-likeness (QED) is 0.282. The third-order valence-electron chi connectivity index (χ3n) is 6.34. The molecule has 5 heterocycles. The number of anilines is 1. The third kappa shape index (κ3) is 7.01. The number of aliphatic carboxylic acids is 1. The monoisotopic (exact) mass is 631 g/mol. The van der Waals surface area contributed by atoms with Gasteiger partial charge >= 0.3 is 12.1 Å². The first-order valence-electron chi connectivity index (χ1n) is 12.9. The van der Waals surface area contributed by atoms with Crippen molar-refractivity contribution in [1.29, 1.82) is 0 Å². The number of sulfonamides is 1. The fraction of sp³-hybridized carbons (Fsp3) is 0.222. The number of carboxylic acid groups (broad SMARTS) is 1. The summed E-state index contributed by atoms with van der Waals surface area (Å²) >= 11 is 0. The number of pyridine rings is 2. The van der Waals surface area contributed by atoms with Gasteiger partial charge in [-0.05, 0) is 24.3 Å². The Hall–Kier alpha value is -4.87. The lowest BCUT2D eigenvalue weighted by Crippen LogP contribution is -2.37. The summed E-state index contributed by atoms with van der Waals surface area (Å²) in [5, 5.41) is 13.2. The predicted molar refractivity (Wildman–Crippen MR) is 150 cm³/mol. The molecule has 44 heavy (non-hydrogen) atoms. The van der Waals surface area contributed by atoms with Gasteiger partial charge in [-0.1, -0.05) is 18.2 Å². The summed E-state index contributed by atoms with van der Waals surface area (Å²) in [7, 11) is -3.90. The van der Waals surface area contributed by atoms with Crippen molar-refractivity contribution in [1.82, 2.24) is 24.3 Å². The van der Waals surface area contributed by atoms with E-state index in [2.05, 4.69) is 14.9 Å². The molecule has 1 aliphatic heterocycles. The molecule has 0 saturated carbocycles. The van der Waals surface area contributed by atoms with Gasteiger partial charge in [-0.25, -0.2) is 38.3 Å². The number of benzene rings is 1. The minimum absolute atomic E-state index is 0.201. The fourth-order valence-electron chi connectivity index (χ4n) is 4.27. The SMILES string of the molecule is NS(=O)(=O)c1ccc(-c2cnc(N3CCOCC3)c3nc(COc4ccc5ccccc5n4)cn23)cn1.O=C(O)C(F)(F)F. The van der Waals surface area contributed by atoms with Crippen LogP contribution in [-0.2, 0) is 26.2 Å². The number of carboxylic acids is 1. The van der Waals surface area contributed by atoms with E-state index in [9.17, 15) is 21.6 Å². The van der Waals surface area contributed by atoms with Crippen LogP contribution in [0.3, 0.4) is 0 Å². The maximum Gasteiger partial charge on any atom is 0.490 e. The summed E-state index contributed by atoms with van der Waals surface area (Å²) in [5.41, 5.74) is 3.56. The molecule has 0 spiro atoms. The minimum atomic E-state index is -5.08. The van der Waals surface area contributed by atoms with Crippen molar-refractivity contribution in [3.63, 3.8) is 0 Å². The highest BCUT2D eigenvalue weighted by molar-refractivity contribution is 7.89. The summed E-state index contributed by atoms with van der Waals surface area (Å²) in [5.74, 6) is -1.52. The molecule has 0 aliphatic carbocycles. The first-order chi connectivity index (χ1) is 20.9. The first-order valence-corrected chi connectivity index (χ1v) is 14.4. The number of nitrogens with zero attached hydrogens (tertiary/aromatic N) is 6. The number of hydrogen-bond acceptors (Lipinski definition) is 10. The highest BCUT2D eigenvalue weighted by Crippen LogP contribution is 2.27. The normalized spacial score (nSPS) is 13.9. The Bertz CT molecular complexity index is 1910. The molecule has 0 radical (unpaired) electrons. The van der Waals surface area contributed by atoms with Crippen molar-refractivity contribution in [2.24, 2.45) is 5.14 Å².